The van der Waals surface area contributed by atoms with Gasteiger partial charge >= 0.3 is 0 Å². The topological polar surface area (TPSA) is 90.7 Å². The highest BCUT2D eigenvalue weighted by atomic mass is 16.5. The Balaban J connectivity index is 0.994. The number of piperidine rings is 1. The molecule has 200 valence electrons. The van der Waals surface area contributed by atoms with E-state index in [4.69, 9.17) is 0 Å². The van der Waals surface area contributed by atoms with Crippen LogP contribution in [0.5, 0.6) is 0 Å². The molecule has 5 aliphatic rings. The van der Waals surface area contributed by atoms with Crippen LogP contribution in [0.4, 0.5) is 0 Å². The van der Waals surface area contributed by atoms with Crippen LogP contribution in [0.3, 0.4) is 0 Å². The van der Waals surface area contributed by atoms with Gasteiger partial charge in [-0.25, -0.2) is 5.06 Å². The van der Waals surface area contributed by atoms with Gasteiger partial charge in [-0.05, 0) is 89.0 Å². The van der Waals surface area contributed by atoms with E-state index in [9.17, 15) is 14.8 Å². The van der Waals surface area contributed by atoms with E-state index in [-0.39, 0.29) is 29.3 Å². The van der Waals surface area contributed by atoms with Gasteiger partial charge in [-0.3, -0.25) is 19.5 Å². The van der Waals surface area contributed by atoms with Crippen LogP contribution in [0, 0.1) is 23.2 Å². The summed E-state index contributed by atoms with van der Waals surface area (Å²) in [6, 6.07) is 7.94. The number of benzene rings is 1. The Kier molecular flexibility index (Phi) is 6.51. The van der Waals surface area contributed by atoms with Gasteiger partial charge in [0.05, 0.1) is 17.0 Å². The minimum atomic E-state index is -0.294. The highest BCUT2D eigenvalue weighted by molar-refractivity contribution is 6.04. The molecule has 2 aromatic rings. The molecule has 0 unspecified atom stereocenters. The van der Waals surface area contributed by atoms with Gasteiger partial charge < -0.3 is 10.2 Å². The summed E-state index contributed by atoms with van der Waals surface area (Å²) in [7, 11) is 0. The zero-order chi connectivity index (χ0) is 25.7. The number of rotatable bonds is 7. The number of para-hydroxylation sites is 1. The van der Waals surface area contributed by atoms with Gasteiger partial charge in [0.15, 0.2) is 5.69 Å². The van der Waals surface area contributed by atoms with Crippen molar-refractivity contribution in [2.75, 3.05) is 26.2 Å². The van der Waals surface area contributed by atoms with Crippen molar-refractivity contribution in [3.05, 3.63) is 30.0 Å². The quantitative estimate of drug-likeness (QED) is 0.432. The Morgan fingerprint density at radius 2 is 1.70 bits per heavy atom. The summed E-state index contributed by atoms with van der Waals surface area (Å²) in [5.41, 5.74) is 1.15. The fourth-order valence-corrected chi connectivity index (χ4v) is 8.23. The van der Waals surface area contributed by atoms with E-state index in [1.54, 1.807) is 0 Å². The third-order valence-corrected chi connectivity index (χ3v) is 9.63. The van der Waals surface area contributed by atoms with Gasteiger partial charge in [0.25, 0.3) is 11.8 Å². The summed E-state index contributed by atoms with van der Waals surface area (Å²) in [6.07, 6.45) is 8.38. The number of nitrogens with one attached hydrogen (secondary N) is 1. The number of carbonyl (C=O) groups is 2. The molecule has 4 saturated carbocycles. The van der Waals surface area contributed by atoms with Crippen LogP contribution in [-0.2, 0) is 4.79 Å². The maximum atomic E-state index is 13.5. The van der Waals surface area contributed by atoms with Crippen LogP contribution in [0.15, 0.2) is 24.3 Å². The minimum absolute atomic E-state index is 0.00498. The van der Waals surface area contributed by atoms with E-state index >= 15 is 0 Å². The first-order valence-corrected chi connectivity index (χ1v) is 14.3. The molecule has 1 aliphatic heterocycles. The zero-order valence-corrected chi connectivity index (χ0v) is 22.2. The number of hydrogen-bond acceptors (Lipinski definition) is 5. The number of amides is 2. The predicted octanol–water partition coefficient (Wildman–Crippen LogP) is 4.25. The summed E-state index contributed by atoms with van der Waals surface area (Å²) < 4.78 is 1.90. The van der Waals surface area contributed by atoms with Crippen LogP contribution < -0.4 is 5.32 Å². The number of nitrogens with zero attached hydrogens (tertiary/aromatic N) is 4. The summed E-state index contributed by atoms with van der Waals surface area (Å²) in [5.74, 6) is 1.94. The molecule has 4 bridgehead atoms. The Hall–Kier alpha value is -2.45. The number of fused-ring (bicyclic) bond motifs is 1. The van der Waals surface area contributed by atoms with Gasteiger partial charge in [0, 0.05) is 37.6 Å². The Bertz CT molecular complexity index is 1130. The van der Waals surface area contributed by atoms with Crippen molar-refractivity contribution in [3.63, 3.8) is 0 Å². The third kappa shape index (κ3) is 4.56. The second-order valence-electron chi connectivity index (χ2n) is 12.6. The van der Waals surface area contributed by atoms with E-state index < -0.39 is 0 Å². The lowest BCUT2D eigenvalue weighted by molar-refractivity contribution is -0.203. The Morgan fingerprint density at radius 3 is 2.32 bits per heavy atom. The van der Waals surface area contributed by atoms with Crippen molar-refractivity contribution in [3.8, 4) is 0 Å². The molecule has 0 spiro atoms. The predicted molar refractivity (Wildman–Crippen MR) is 141 cm³/mol. The van der Waals surface area contributed by atoms with Gasteiger partial charge in [-0.1, -0.05) is 18.2 Å². The van der Waals surface area contributed by atoms with E-state index in [0.29, 0.717) is 30.0 Å². The maximum absolute atomic E-state index is 13.5. The number of aromatic nitrogens is 2. The van der Waals surface area contributed by atoms with Crippen molar-refractivity contribution in [1.29, 1.82) is 0 Å². The van der Waals surface area contributed by atoms with E-state index in [2.05, 4.69) is 29.2 Å². The highest BCUT2D eigenvalue weighted by Crippen LogP contribution is 2.60. The molecule has 2 heterocycles. The summed E-state index contributed by atoms with van der Waals surface area (Å²) in [5, 5.41) is 20.6. The van der Waals surface area contributed by atoms with Crippen molar-refractivity contribution in [2.24, 2.45) is 23.2 Å². The molecular weight excluding hydrogens is 466 g/mol. The highest BCUT2D eigenvalue weighted by Gasteiger charge is 2.56. The lowest BCUT2D eigenvalue weighted by Crippen LogP contribution is -2.57. The molecule has 0 radical (unpaired) electrons. The molecule has 8 heteroatoms. The normalized spacial score (nSPS) is 29.8. The first kappa shape index (κ1) is 24.9. The van der Waals surface area contributed by atoms with E-state index in [1.807, 2.05) is 28.9 Å². The second-order valence-corrected chi connectivity index (χ2v) is 12.6. The first-order valence-electron chi connectivity index (χ1n) is 14.3. The minimum Gasteiger partial charge on any atom is -0.349 e. The molecular formula is C29H41N5O3. The van der Waals surface area contributed by atoms with Crippen molar-refractivity contribution >= 4 is 22.7 Å². The monoisotopic (exact) mass is 507 g/mol. The fourth-order valence-electron chi connectivity index (χ4n) is 8.23. The molecule has 0 atom stereocenters. The van der Waals surface area contributed by atoms with Crippen LogP contribution >= 0.6 is 0 Å². The van der Waals surface area contributed by atoms with Crippen molar-refractivity contribution in [2.45, 2.75) is 77.3 Å². The van der Waals surface area contributed by atoms with Gasteiger partial charge in [0.1, 0.15) is 0 Å². The summed E-state index contributed by atoms with van der Waals surface area (Å²) in [4.78, 5) is 28.7. The average molecular weight is 508 g/mol. The van der Waals surface area contributed by atoms with Crippen LogP contribution in [-0.4, -0.2) is 69.0 Å². The molecule has 4 aliphatic carbocycles. The summed E-state index contributed by atoms with van der Waals surface area (Å²) >= 11 is 0. The zero-order valence-electron chi connectivity index (χ0n) is 22.2. The molecule has 37 heavy (non-hydrogen) atoms. The third-order valence-electron chi connectivity index (χ3n) is 9.63. The fraction of sp³-hybridized carbons (Fsp3) is 0.690. The Labute approximate surface area is 219 Å². The van der Waals surface area contributed by atoms with Gasteiger partial charge in [-0.2, -0.15) is 5.10 Å². The molecule has 5 fully saturated rings. The summed E-state index contributed by atoms with van der Waals surface area (Å²) in [6.45, 7) is 7.05. The SMILES string of the molecule is CC(C)n1nc(C(=O)NCCN2CCC(N(O)C(=O)C34CC5CC(CC(C5)C3)C4)CC2)c2ccccc21. The number of likely N-dealkylation sites (tertiary alicyclic amines) is 1. The van der Waals surface area contributed by atoms with Gasteiger partial charge in [0.2, 0.25) is 0 Å². The Morgan fingerprint density at radius 1 is 1.08 bits per heavy atom. The van der Waals surface area contributed by atoms with Crippen LogP contribution in [0.2, 0.25) is 0 Å². The smallest absolute Gasteiger partial charge is 0.272 e. The van der Waals surface area contributed by atoms with Crippen LogP contribution in [0.1, 0.15) is 81.7 Å². The molecule has 2 amide bonds. The first-order chi connectivity index (χ1) is 17.8. The number of hydrogen-bond donors (Lipinski definition) is 2. The molecule has 8 nitrogen and oxygen atoms in total. The van der Waals surface area contributed by atoms with Crippen molar-refractivity contribution in [1.82, 2.24) is 25.1 Å². The van der Waals surface area contributed by atoms with Crippen LogP contribution in [0.25, 0.3) is 10.9 Å². The van der Waals surface area contributed by atoms with E-state index in [1.165, 1.54) is 19.3 Å². The lowest BCUT2D eigenvalue weighted by Gasteiger charge is -2.56. The van der Waals surface area contributed by atoms with E-state index in [0.717, 1.165) is 67.7 Å². The molecule has 1 aromatic heterocycles. The largest absolute Gasteiger partial charge is 0.349 e. The standard InChI is InChI=1S/C29H41N5O3/c1-19(2)33-25-6-4-3-5-24(25)26(31-33)27(35)30-9-12-32-10-7-23(8-11-32)34(37)28(36)29-16-20-13-21(17-29)15-22(14-20)18-29/h3-6,19-23,37H,7-18H2,1-2H3,(H,30,35). The lowest BCUT2D eigenvalue weighted by atomic mass is 9.49. The number of carbonyl (C=O) groups excluding carboxylic acids is 2. The maximum Gasteiger partial charge on any atom is 0.272 e. The molecule has 2 N–H and O–H groups in total. The molecule has 7 rings (SSSR count). The molecule has 1 saturated heterocycles. The second kappa shape index (κ2) is 9.70. The molecule has 1 aromatic carbocycles. The average Bonchev–Trinajstić information content (AvgIpc) is 3.28. The van der Waals surface area contributed by atoms with Gasteiger partial charge in [-0.15, -0.1) is 0 Å². The van der Waals surface area contributed by atoms with Crippen molar-refractivity contribution < 1.29 is 14.8 Å². The number of hydroxylamine groups is 2.